The molecule has 2 heteroatoms. The maximum Gasteiger partial charge on any atom is 0.0578 e. The van der Waals surface area contributed by atoms with Gasteiger partial charge in [0.25, 0.3) is 0 Å². The fourth-order valence-corrected chi connectivity index (χ4v) is 2.75. The molecule has 1 saturated heterocycles. The second-order valence-corrected chi connectivity index (χ2v) is 4.54. The van der Waals surface area contributed by atoms with E-state index in [-0.39, 0.29) is 0 Å². The van der Waals surface area contributed by atoms with Crippen molar-refractivity contribution in [3.63, 3.8) is 0 Å². The zero-order valence-electron chi connectivity index (χ0n) is 8.59. The van der Waals surface area contributed by atoms with Crippen LogP contribution in [0.3, 0.4) is 0 Å². The van der Waals surface area contributed by atoms with Crippen molar-refractivity contribution in [2.45, 2.75) is 50.7 Å². The summed E-state index contributed by atoms with van der Waals surface area (Å²) in [6.07, 6.45) is 8.65. The molecular formula is C11H21NO. The van der Waals surface area contributed by atoms with Gasteiger partial charge in [0, 0.05) is 12.6 Å². The van der Waals surface area contributed by atoms with E-state index in [2.05, 4.69) is 12.4 Å². The van der Waals surface area contributed by atoms with Gasteiger partial charge in [0.15, 0.2) is 0 Å². The summed E-state index contributed by atoms with van der Waals surface area (Å²) in [6.45, 7) is 1.01. The van der Waals surface area contributed by atoms with E-state index in [1.54, 1.807) is 0 Å². The van der Waals surface area contributed by atoms with Gasteiger partial charge in [-0.1, -0.05) is 0 Å². The zero-order valence-corrected chi connectivity index (χ0v) is 8.59. The number of hydrogen-bond donors (Lipinski definition) is 1. The maximum atomic E-state index is 5.66. The van der Waals surface area contributed by atoms with E-state index >= 15 is 0 Å². The maximum absolute atomic E-state index is 5.66. The molecule has 1 aliphatic heterocycles. The van der Waals surface area contributed by atoms with Gasteiger partial charge in [-0.15, -0.1) is 0 Å². The Morgan fingerprint density at radius 2 is 2.23 bits per heavy atom. The molecule has 0 aromatic heterocycles. The van der Waals surface area contributed by atoms with E-state index in [1.807, 2.05) is 0 Å². The summed E-state index contributed by atoms with van der Waals surface area (Å²) in [7, 11) is 2.08. The molecule has 2 fully saturated rings. The molecule has 0 aromatic carbocycles. The van der Waals surface area contributed by atoms with Crippen LogP contribution in [-0.4, -0.2) is 25.8 Å². The molecule has 1 saturated carbocycles. The second-order valence-electron chi connectivity index (χ2n) is 4.54. The minimum absolute atomic E-state index is 0.598. The Bertz CT molecular complexity index is 154. The Hall–Kier alpha value is -0.0800. The number of nitrogens with one attached hydrogen (secondary N) is 1. The summed E-state index contributed by atoms with van der Waals surface area (Å²) >= 11 is 0. The summed E-state index contributed by atoms with van der Waals surface area (Å²) in [6, 6.07) is 0.784. The third kappa shape index (κ3) is 2.44. The molecule has 0 aromatic rings. The summed E-state index contributed by atoms with van der Waals surface area (Å²) in [5, 5.41) is 3.38. The Morgan fingerprint density at radius 3 is 2.85 bits per heavy atom. The highest BCUT2D eigenvalue weighted by atomic mass is 16.5. The summed E-state index contributed by atoms with van der Waals surface area (Å²) < 4.78 is 5.66. The standard InChI is InChI=1S/C11H21NO/c1-12-10-5-4-9(7-10)8-11-3-2-6-13-11/h9-12H,2-8H2,1H3. The van der Waals surface area contributed by atoms with Crippen molar-refractivity contribution in [3.05, 3.63) is 0 Å². The SMILES string of the molecule is CNC1CCC(CC2CCCO2)C1. The Morgan fingerprint density at radius 1 is 1.31 bits per heavy atom. The van der Waals surface area contributed by atoms with Crippen molar-refractivity contribution < 1.29 is 4.74 Å². The van der Waals surface area contributed by atoms with Gasteiger partial charge in [0.2, 0.25) is 0 Å². The van der Waals surface area contributed by atoms with Gasteiger partial charge in [-0.05, 0) is 51.5 Å². The van der Waals surface area contributed by atoms with Crippen molar-refractivity contribution in [1.29, 1.82) is 0 Å². The Balaban J connectivity index is 1.70. The van der Waals surface area contributed by atoms with Crippen LogP contribution in [0, 0.1) is 5.92 Å². The summed E-state index contributed by atoms with van der Waals surface area (Å²) in [5.41, 5.74) is 0. The van der Waals surface area contributed by atoms with Crippen LogP contribution in [0.2, 0.25) is 0 Å². The number of hydrogen-bond acceptors (Lipinski definition) is 2. The van der Waals surface area contributed by atoms with Crippen LogP contribution in [0.1, 0.15) is 38.5 Å². The first-order valence-corrected chi connectivity index (χ1v) is 5.67. The minimum atomic E-state index is 0.598. The molecule has 0 spiro atoms. The molecule has 0 amide bonds. The molecule has 2 nitrogen and oxygen atoms in total. The highest BCUT2D eigenvalue weighted by Gasteiger charge is 2.27. The highest BCUT2D eigenvalue weighted by molar-refractivity contribution is 4.82. The van der Waals surface area contributed by atoms with Gasteiger partial charge in [-0.3, -0.25) is 0 Å². The molecule has 2 aliphatic rings. The van der Waals surface area contributed by atoms with Crippen molar-refractivity contribution in [1.82, 2.24) is 5.32 Å². The average Bonchev–Trinajstić information content (AvgIpc) is 2.76. The third-order valence-electron chi connectivity index (χ3n) is 3.57. The largest absolute Gasteiger partial charge is 0.378 e. The molecule has 1 heterocycles. The van der Waals surface area contributed by atoms with E-state index in [0.29, 0.717) is 6.10 Å². The lowest BCUT2D eigenvalue weighted by molar-refractivity contribution is 0.0900. The summed E-state index contributed by atoms with van der Waals surface area (Å²) in [4.78, 5) is 0. The number of ether oxygens (including phenoxy) is 1. The van der Waals surface area contributed by atoms with Crippen LogP contribution < -0.4 is 5.32 Å². The van der Waals surface area contributed by atoms with Gasteiger partial charge in [0.1, 0.15) is 0 Å². The predicted molar refractivity (Wildman–Crippen MR) is 53.8 cm³/mol. The fraction of sp³-hybridized carbons (Fsp3) is 1.00. The lowest BCUT2D eigenvalue weighted by Gasteiger charge is -2.15. The summed E-state index contributed by atoms with van der Waals surface area (Å²) in [5.74, 6) is 0.931. The first-order valence-electron chi connectivity index (χ1n) is 5.67. The van der Waals surface area contributed by atoms with Gasteiger partial charge in [-0.25, -0.2) is 0 Å². The van der Waals surface area contributed by atoms with E-state index in [9.17, 15) is 0 Å². The molecule has 3 atom stereocenters. The zero-order chi connectivity index (χ0) is 9.10. The predicted octanol–water partition coefficient (Wildman–Crippen LogP) is 1.94. The van der Waals surface area contributed by atoms with Crippen LogP contribution in [0.5, 0.6) is 0 Å². The molecule has 3 unspecified atom stereocenters. The monoisotopic (exact) mass is 183 g/mol. The first-order chi connectivity index (χ1) is 6.38. The average molecular weight is 183 g/mol. The van der Waals surface area contributed by atoms with Crippen LogP contribution in [0.25, 0.3) is 0 Å². The topological polar surface area (TPSA) is 21.3 Å². The van der Waals surface area contributed by atoms with E-state index in [4.69, 9.17) is 4.74 Å². The van der Waals surface area contributed by atoms with Crippen molar-refractivity contribution in [2.24, 2.45) is 5.92 Å². The van der Waals surface area contributed by atoms with Crippen molar-refractivity contribution in [3.8, 4) is 0 Å². The number of rotatable bonds is 3. The van der Waals surface area contributed by atoms with Crippen LogP contribution in [0.4, 0.5) is 0 Å². The molecule has 0 radical (unpaired) electrons. The first kappa shape index (κ1) is 9.47. The third-order valence-corrected chi connectivity index (χ3v) is 3.57. The quantitative estimate of drug-likeness (QED) is 0.722. The normalized spacial score (nSPS) is 39.9. The van der Waals surface area contributed by atoms with Gasteiger partial charge in [-0.2, -0.15) is 0 Å². The van der Waals surface area contributed by atoms with Crippen LogP contribution >= 0.6 is 0 Å². The minimum Gasteiger partial charge on any atom is -0.378 e. The molecule has 1 N–H and O–H groups in total. The lowest BCUT2D eigenvalue weighted by Crippen LogP contribution is -2.22. The molecule has 1 aliphatic carbocycles. The van der Waals surface area contributed by atoms with Crippen LogP contribution in [-0.2, 0) is 4.74 Å². The fourth-order valence-electron chi connectivity index (χ4n) is 2.75. The van der Waals surface area contributed by atoms with Gasteiger partial charge < -0.3 is 10.1 Å². The Labute approximate surface area is 81.0 Å². The van der Waals surface area contributed by atoms with Crippen molar-refractivity contribution in [2.75, 3.05) is 13.7 Å². The highest BCUT2D eigenvalue weighted by Crippen LogP contribution is 2.31. The molecular weight excluding hydrogens is 162 g/mol. The van der Waals surface area contributed by atoms with Gasteiger partial charge in [0.05, 0.1) is 6.10 Å². The van der Waals surface area contributed by atoms with E-state index in [0.717, 1.165) is 18.6 Å². The molecule has 2 rings (SSSR count). The van der Waals surface area contributed by atoms with Crippen molar-refractivity contribution >= 4 is 0 Å². The Kier molecular flexibility index (Phi) is 3.23. The lowest BCUT2D eigenvalue weighted by atomic mass is 9.98. The van der Waals surface area contributed by atoms with E-state index in [1.165, 1.54) is 38.5 Å². The molecule has 0 bridgehead atoms. The molecule has 76 valence electrons. The molecule has 13 heavy (non-hydrogen) atoms. The van der Waals surface area contributed by atoms with E-state index < -0.39 is 0 Å². The van der Waals surface area contributed by atoms with Gasteiger partial charge >= 0.3 is 0 Å². The smallest absolute Gasteiger partial charge is 0.0578 e. The second kappa shape index (κ2) is 4.43. The van der Waals surface area contributed by atoms with Crippen LogP contribution in [0.15, 0.2) is 0 Å².